The van der Waals surface area contributed by atoms with E-state index in [0.29, 0.717) is 38.8 Å². The summed E-state index contributed by atoms with van der Waals surface area (Å²) in [5, 5.41) is 4.21. The van der Waals surface area contributed by atoms with E-state index in [1.54, 1.807) is 24.4 Å². The Balaban J connectivity index is 1.55. The van der Waals surface area contributed by atoms with Crippen molar-refractivity contribution in [2.24, 2.45) is 5.73 Å². The van der Waals surface area contributed by atoms with Crippen molar-refractivity contribution in [2.75, 3.05) is 11.1 Å². The number of hydrogen-bond acceptors (Lipinski definition) is 7. The van der Waals surface area contributed by atoms with E-state index in [-0.39, 0.29) is 18.1 Å². The zero-order chi connectivity index (χ0) is 21.0. The molecule has 0 fully saturated rings. The first kappa shape index (κ1) is 21.6. The number of aromatic nitrogens is 2. The molecule has 7 nitrogen and oxygen atoms in total. The van der Waals surface area contributed by atoms with Crippen molar-refractivity contribution in [1.82, 2.24) is 9.97 Å². The molecule has 0 saturated carbocycles. The van der Waals surface area contributed by atoms with Crippen LogP contribution in [0.3, 0.4) is 0 Å². The van der Waals surface area contributed by atoms with Gasteiger partial charge in [0.15, 0.2) is 16.8 Å². The summed E-state index contributed by atoms with van der Waals surface area (Å²) in [7, 11) is 0. The normalized spacial score (nSPS) is 10.9. The van der Waals surface area contributed by atoms with Crippen LogP contribution in [0.2, 0.25) is 10.0 Å². The lowest BCUT2D eigenvalue weighted by Gasteiger charge is -2.01. The second-order valence-corrected chi connectivity index (χ2v) is 9.02. The minimum atomic E-state index is -0.404. The minimum absolute atomic E-state index is 0.167. The first-order chi connectivity index (χ1) is 13.8. The van der Waals surface area contributed by atoms with Crippen LogP contribution in [0.1, 0.15) is 18.0 Å². The Kier molecular flexibility index (Phi) is 7.18. The predicted molar refractivity (Wildman–Crippen MR) is 116 cm³/mol. The van der Waals surface area contributed by atoms with Gasteiger partial charge in [-0.3, -0.25) is 9.59 Å². The monoisotopic (exact) mass is 470 g/mol. The van der Waals surface area contributed by atoms with Crippen LogP contribution in [0, 0.1) is 6.92 Å². The number of anilines is 1. The van der Waals surface area contributed by atoms with Gasteiger partial charge in [0.2, 0.25) is 11.8 Å². The van der Waals surface area contributed by atoms with Gasteiger partial charge in [-0.2, -0.15) is 0 Å². The molecule has 0 bridgehead atoms. The van der Waals surface area contributed by atoms with Crippen molar-refractivity contribution in [3.63, 3.8) is 0 Å². The summed E-state index contributed by atoms with van der Waals surface area (Å²) in [4.78, 5) is 31.6. The molecule has 11 heteroatoms. The molecule has 0 atom stereocenters. The van der Waals surface area contributed by atoms with Gasteiger partial charge in [0.05, 0.1) is 26.9 Å². The lowest BCUT2D eigenvalue weighted by molar-refractivity contribution is -0.116. The maximum Gasteiger partial charge on any atom is 0.227 e. The molecule has 0 unspecified atom stereocenters. The number of nitrogens with two attached hydrogens (primary N) is 1. The maximum atomic E-state index is 12.2. The maximum absolute atomic E-state index is 12.2. The zero-order valence-electron chi connectivity index (χ0n) is 15.2. The number of rotatable bonds is 8. The molecule has 0 aliphatic carbocycles. The predicted octanol–water partition coefficient (Wildman–Crippen LogP) is 4.56. The number of carbonyl (C=O) groups excluding carboxylic acids is 2. The standard InChI is InChI=1S/C18H16Cl2N4O3S2/c1-9-17(28-8-14(21)25)29-18(23-9)24-15(26)4-5-16-22-7-13(27-16)11-3-2-10(19)6-12(11)20/h2-3,6-7H,4-5,8H2,1H3,(H2,21,25)(H,23,24,26). The van der Waals surface area contributed by atoms with E-state index in [1.807, 2.05) is 6.92 Å². The van der Waals surface area contributed by atoms with Gasteiger partial charge in [-0.25, -0.2) is 9.97 Å². The van der Waals surface area contributed by atoms with Crippen LogP contribution in [0.25, 0.3) is 11.3 Å². The highest BCUT2D eigenvalue weighted by molar-refractivity contribution is 8.01. The van der Waals surface area contributed by atoms with Crippen molar-refractivity contribution in [1.29, 1.82) is 0 Å². The Morgan fingerprint density at radius 3 is 2.86 bits per heavy atom. The molecule has 2 aromatic heterocycles. The summed E-state index contributed by atoms with van der Waals surface area (Å²) in [6.45, 7) is 1.81. The molecule has 29 heavy (non-hydrogen) atoms. The second-order valence-electron chi connectivity index (χ2n) is 5.94. The SMILES string of the molecule is Cc1nc(NC(=O)CCc2ncc(-c3ccc(Cl)cc3Cl)o2)sc1SCC(N)=O. The number of primary amides is 1. The van der Waals surface area contributed by atoms with Crippen molar-refractivity contribution >= 4 is 63.2 Å². The molecule has 3 rings (SSSR count). The summed E-state index contributed by atoms with van der Waals surface area (Å²) in [5.41, 5.74) is 6.58. The average Bonchev–Trinajstić information content (AvgIpc) is 3.24. The van der Waals surface area contributed by atoms with E-state index in [1.165, 1.54) is 23.1 Å². The van der Waals surface area contributed by atoms with Crippen LogP contribution in [0.15, 0.2) is 33.0 Å². The Labute approximate surface area is 185 Å². The van der Waals surface area contributed by atoms with Gasteiger partial charge in [0.25, 0.3) is 0 Å². The Hall–Kier alpha value is -2.07. The third kappa shape index (κ3) is 5.96. The van der Waals surface area contributed by atoms with Crippen LogP contribution in [0.5, 0.6) is 0 Å². The number of nitrogens with zero attached hydrogens (tertiary/aromatic N) is 2. The molecular formula is C18H16Cl2N4O3S2. The molecule has 3 N–H and O–H groups in total. The quantitative estimate of drug-likeness (QED) is 0.466. The van der Waals surface area contributed by atoms with Gasteiger partial charge in [-0.1, -0.05) is 34.5 Å². The van der Waals surface area contributed by atoms with Gasteiger partial charge in [-0.15, -0.1) is 11.8 Å². The first-order valence-corrected chi connectivity index (χ1v) is 11.0. The van der Waals surface area contributed by atoms with Gasteiger partial charge >= 0.3 is 0 Å². The van der Waals surface area contributed by atoms with Gasteiger partial charge < -0.3 is 15.5 Å². The summed E-state index contributed by atoms with van der Waals surface area (Å²) >= 11 is 14.7. The molecule has 0 aliphatic rings. The van der Waals surface area contributed by atoms with Crippen LogP contribution < -0.4 is 11.1 Å². The number of aryl methyl sites for hydroxylation is 2. The topological polar surface area (TPSA) is 111 Å². The molecular weight excluding hydrogens is 455 g/mol. The molecule has 152 valence electrons. The van der Waals surface area contributed by atoms with E-state index in [2.05, 4.69) is 15.3 Å². The Bertz CT molecular complexity index is 1050. The van der Waals surface area contributed by atoms with E-state index in [0.717, 1.165) is 9.90 Å². The number of thioether (sulfide) groups is 1. The van der Waals surface area contributed by atoms with E-state index >= 15 is 0 Å². The Morgan fingerprint density at radius 2 is 2.14 bits per heavy atom. The molecule has 1 aromatic carbocycles. The number of hydrogen-bond donors (Lipinski definition) is 2. The van der Waals surface area contributed by atoms with Crippen LogP contribution in [0.4, 0.5) is 5.13 Å². The van der Waals surface area contributed by atoms with Crippen LogP contribution >= 0.6 is 46.3 Å². The average molecular weight is 471 g/mol. The van der Waals surface area contributed by atoms with Gasteiger partial charge in [-0.05, 0) is 25.1 Å². The number of benzene rings is 1. The fourth-order valence-corrected chi connectivity index (χ4v) is 4.74. The molecule has 2 amide bonds. The zero-order valence-corrected chi connectivity index (χ0v) is 18.3. The number of carbonyl (C=O) groups is 2. The third-order valence-electron chi connectivity index (χ3n) is 3.66. The lowest BCUT2D eigenvalue weighted by Crippen LogP contribution is -2.12. The highest BCUT2D eigenvalue weighted by atomic mass is 35.5. The molecule has 2 heterocycles. The fourth-order valence-electron chi connectivity index (χ4n) is 2.35. The molecule has 3 aromatic rings. The van der Waals surface area contributed by atoms with E-state index in [9.17, 15) is 9.59 Å². The number of halogens is 2. The first-order valence-electron chi connectivity index (χ1n) is 8.40. The van der Waals surface area contributed by atoms with Crippen LogP contribution in [-0.2, 0) is 16.0 Å². The number of thiazole rings is 1. The fraction of sp³-hybridized carbons (Fsp3) is 0.222. The summed E-state index contributed by atoms with van der Waals surface area (Å²) in [6.07, 6.45) is 2.07. The van der Waals surface area contributed by atoms with E-state index < -0.39 is 5.91 Å². The summed E-state index contributed by atoms with van der Waals surface area (Å²) in [5.74, 6) is 0.483. The van der Waals surface area contributed by atoms with Gasteiger partial charge in [0.1, 0.15) is 0 Å². The molecule has 0 spiro atoms. The van der Waals surface area contributed by atoms with E-state index in [4.69, 9.17) is 33.4 Å². The third-order valence-corrected chi connectivity index (χ3v) is 6.67. The molecule has 0 aliphatic heterocycles. The highest BCUT2D eigenvalue weighted by Crippen LogP contribution is 2.32. The lowest BCUT2D eigenvalue weighted by atomic mass is 10.2. The minimum Gasteiger partial charge on any atom is -0.441 e. The second kappa shape index (κ2) is 9.62. The van der Waals surface area contributed by atoms with Crippen molar-refractivity contribution < 1.29 is 14.0 Å². The molecule has 0 saturated heterocycles. The Morgan fingerprint density at radius 1 is 1.34 bits per heavy atom. The van der Waals surface area contributed by atoms with Gasteiger partial charge in [0, 0.05) is 23.4 Å². The number of nitrogens with one attached hydrogen (secondary N) is 1. The van der Waals surface area contributed by atoms with Crippen LogP contribution in [-0.4, -0.2) is 27.5 Å². The molecule has 0 radical (unpaired) electrons. The number of amides is 2. The largest absolute Gasteiger partial charge is 0.441 e. The van der Waals surface area contributed by atoms with Crippen molar-refractivity contribution in [2.45, 2.75) is 24.0 Å². The summed E-state index contributed by atoms with van der Waals surface area (Å²) in [6, 6.07) is 5.09. The van der Waals surface area contributed by atoms with Crippen molar-refractivity contribution in [3.8, 4) is 11.3 Å². The highest BCUT2D eigenvalue weighted by Gasteiger charge is 2.14. The summed E-state index contributed by atoms with van der Waals surface area (Å²) < 4.78 is 6.53. The number of oxazole rings is 1. The van der Waals surface area contributed by atoms with Crippen molar-refractivity contribution in [3.05, 3.63) is 46.0 Å². The smallest absolute Gasteiger partial charge is 0.227 e.